The maximum absolute atomic E-state index is 11.8. The van der Waals surface area contributed by atoms with Crippen molar-refractivity contribution in [3.8, 4) is 0 Å². The molecule has 1 atom stereocenters. The average Bonchev–Trinajstić information content (AvgIpc) is 2.70. The lowest BCUT2D eigenvalue weighted by Gasteiger charge is -2.18. The second-order valence-electron chi connectivity index (χ2n) is 4.15. The van der Waals surface area contributed by atoms with Crippen molar-refractivity contribution in [3.63, 3.8) is 0 Å². The number of carbonyl (C=O) groups is 1. The predicted molar refractivity (Wildman–Crippen MR) is 73.6 cm³/mol. The molecule has 5 heteroatoms. The normalized spacial score (nSPS) is 12.5. The Kier molecular flexibility index (Phi) is 5.95. The van der Waals surface area contributed by atoms with Crippen molar-refractivity contribution >= 4 is 28.8 Å². The number of halogens is 1. The monoisotopic (exact) mass is 274 g/mol. The third-order valence-corrected chi connectivity index (χ3v) is 3.88. The first-order valence-corrected chi connectivity index (χ1v) is 6.94. The molecule has 1 unspecified atom stereocenters. The third kappa shape index (κ3) is 5.06. The zero-order valence-corrected chi connectivity index (χ0v) is 12.1. The van der Waals surface area contributed by atoms with Crippen LogP contribution in [0.2, 0.25) is 4.34 Å². The lowest BCUT2D eigenvalue weighted by atomic mass is 10.2. The van der Waals surface area contributed by atoms with Gasteiger partial charge >= 0.3 is 0 Å². The Labute approximate surface area is 112 Å². The molecule has 0 spiro atoms. The quantitative estimate of drug-likeness (QED) is 0.865. The van der Waals surface area contributed by atoms with Crippen molar-refractivity contribution in [2.45, 2.75) is 32.9 Å². The molecule has 0 bridgehead atoms. The molecule has 1 N–H and O–H groups in total. The number of nitrogens with one attached hydrogen (secondary N) is 1. The van der Waals surface area contributed by atoms with Crippen LogP contribution in [0.1, 0.15) is 25.1 Å². The minimum atomic E-state index is 0.106. The minimum absolute atomic E-state index is 0.106. The van der Waals surface area contributed by atoms with Gasteiger partial charge in [-0.15, -0.1) is 11.3 Å². The molecule has 0 aromatic carbocycles. The second-order valence-corrected chi connectivity index (χ2v) is 5.95. The summed E-state index contributed by atoms with van der Waals surface area (Å²) in [6, 6.07) is 4.19. The van der Waals surface area contributed by atoms with E-state index in [4.69, 9.17) is 11.6 Å². The number of carbonyl (C=O) groups excluding carboxylic acids is 1. The molecule has 0 aliphatic rings. The van der Waals surface area contributed by atoms with Crippen molar-refractivity contribution in [2.24, 2.45) is 0 Å². The van der Waals surface area contributed by atoms with Crippen molar-refractivity contribution in [1.29, 1.82) is 0 Å². The van der Waals surface area contributed by atoms with Gasteiger partial charge in [-0.25, -0.2) is 0 Å². The van der Waals surface area contributed by atoms with E-state index < -0.39 is 0 Å². The highest BCUT2D eigenvalue weighted by Crippen LogP contribution is 2.22. The van der Waals surface area contributed by atoms with Gasteiger partial charge in [-0.2, -0.15) is 0 Å². The molecule has 1 amide bonds. The summed E-state index contributed by atoms with van der Waals surface area (Å²) in [5, 5.41) is 3.19. The smallest absolute Gasteiger partial charge is 0.236 e. The summed E-state index contributed by atoms with van der Waals surface area (Å²) in [5.41, 5.74) is 0. The van der Waals surface area contributed by atoms with Gasteiger partial charge < -0.3 is 10.2 Å². The van der Waals surface area contributed by atoms with E-state index in [0.29, 0.717) is 19.1 Å². The van der Waals surface area contributed by atoms with E-state index in [1.54, 1.807) is 4.90 Å². The van der Waals surface area contributed by atoms with Crippen LogP contribution in [0.3, 0.4) is 0 Å². The molecule has 96 valence electrons. The molecule has 17 heavy (non-hydrogen) atoms. The van der Waals surface area contributed by atoms with E-state index >= 15 is 0 Å². The molecule has 1 aromatic rings. The van der Waals surface area contributed by atoms with Gasteiger partial charge in [0.25, 0.3) is 0 Å². The highest BCUT2D eigenvalue weighted by atomic mass is 35.5. The van der Waals surface area contributed by atoms with E-state index in [9.17, 15) is 4.79 Å². The first-order valence-electron chi connectivity index (χ1n) is 5.74. The van der Waals surface area contributed by atoms with Gasteiger partial charge in [-0.1, -0.05) is 18.5 Å². The Hall–Kier alpha value is -0.580. The summed E-state index contributed by atoms with van der Waals surface area (Å²) in [6.45, 7) is 5.19. The number of likely N-dealkylation sites (N-methyl/N-ethyl adjacent to an activating group) is 1. The fourth-order valence-corrected chi connectivity index (χ4v) is 2.44. The Morgan fingerprint density at radius 2 is 2.29 bits per heavy atom. The standard InChI is InChI=1S/C12H19ClN2OS/c1-4-9(2)14-7-12(16)15(3)8-10-5-6-11(13)17-10/h5-6,9,14H,4,7-8H2,1-3H3. The van der Waals surface area contributed by atoms with Crippen LogP contribution < -0.4 is 5.32 Å². The number of hydrogen-bond acceptors (Lipinski definition) is 3. The SMILES string of the molecule is CCC(C)NCC(=O)N(C)Cc1ccc(Cl)s1. The summed E-state index contributed by atoms with van der Waals surface area (Å²) >= 11 is 7.36. The zero-order valence-electron chi connectivity index (χ0n) is 10.5. The van der Waals surface area contributed by atoms with Gasteiger partial charge in [0.2, 0.25) is 5.91 Å². The van der Waals surface area contributed by atoms with E-state index in [0.717, 1.165) is 15.6 Å². The molecule has 0 saturated heterocycles. The van der Waals surface area contributed by atoms with Crippen molar-refractivity contribution in [2.75, 3.05) is 13.6 Å². The largest absolute Gasteiger partial charge is 0.340 e. The summed E-state index contributed by atoms with van der Waals surface area (Å²) in [6.07, 6.45) is 1.03. The Bertz CT molecular complexity index is 367. The fourth-order valence-electron chi connectivity index (χ4n) is 1.30. The average molecular weight is 275 g/mol. The van der Waals surface area contributed by atoms with E-state index in [1.807, 2.05) is 19.2 Å². The van der Waals surface area contributed by atoms with Crippen LogP contribution in [0.5, 0.6) is 0 Å². The predicted octanol–water partition coefficient (Wildman–Crippen LogP) is 2.75. The first kappa shape index (κ1) is 14.5. The molecule has 1 aromatic heterocycles. The Morgan fingerprint density at radius 3 is 2.82 bits per heavy atom. The van der Waals surface area contributed by atoms with Gasteiger partial charge in [0.15, 0.2) is 0 Å². The number of hydrogen-bond donors (Lipinski definition) is 1. The number of thiophene rings is 1. The van der Waals surface area contributed by atoms with Crippen LogP contribution in [-0.4, -0.2) is 30.4 Å². The Morgan fingerprint density at radius 1 is 1.59 bits per heavy atom. The Balaban J connectivity index is 2.36. The second kappa shape index (κ2) is 6.99. The van der Waals surface area contributed by atoms with Crippen molar-refractivity contribution < 1.29 is 4.79 Å². The highest BCUT2D eigenvalue weighted by molar-refractivity contribution is 7.16. The molecule has 0 fully saturated rings. The van der Waals surface area contributed by atoms with Crippen LogP contribution in [0.4, 0.5) is 0 Å². The molecule has 0 saturated carbocycles. The van der Waals surface area contributed by atoms with Gasteiger partial charge in [-0.05, 0) is 25.5 Å². The molecule has 0 radical (unpaired) electrons. The topological polar surface area (TPSA) is 32.3 Å². The maximum Gasteiger partial charge on any atom is 0.236 e. The number of nitrogens with zero attached hydrogens (tertiary/aromatic N) is 1. The van der Waals surface area contributed by atoms with Gasteiger partial charge in [0, 0.05) is 18.0 Å². The van der Waals surface area contributed by atoms with Gasteiger partial charge in [0.05, 0.1) is 17.4 Å². The van der Waals surface area contributed by atoms with Crippen LogP contribution >= 0.6 is 22.9 Å². The van der Waals surface area contributed by atoms with Crippen molar-refractivity contribution in [1.82, 2.24) is 10.2 Å². The lowest BCUT2D eigenvalue weighted by Crippen LogP contribution is -2.38. The summed E-state index contributed by atoms with van der Waals surface area (Å²) in [7, 11) is 1.81. The zero-order chi connectivity index (χ0) is 12.8. The fraction of sp³-hybridized carbons (Fsp3) is 0.583. The minimum Gasteiger partial charge on any atom is -0.340 e. The molecule has 1 heterocycles. The summed E-state index contributed by atoms with van der Waals surface area (Å²) in [4.78, 5) is 14.6. The summed E-state index contributed by atoms with van der Waals surface area (Å²) in [5.74, 6) is 0.106. The molecule has 1 rings (SSSR count). The van der Waals surface area contributed by atoms with E-state index in [2.05, 4.69) is 19.2 Å². The first-order chi connectivity index (χ1) is 8.02. The maximum atomic E-state index is 11.8. The third-order valence-electron chi connectivity index (χ3n) is 2.66. The highest BCUT2D eigenvalue weighted by Gasteiger charge is 2.11. The van der Waals surface area contributed by atoms with Crippen molar-refractivity contribution in [3.05, 3.63) is 21.3 Å². The van der Waals surface area contributed by atoms with Crippen LogP contribution in [-0.2, 0) is 11.3 Å². The van der Waals surface area contributed by atoms with Gasteiger partial charge in [0.1, 0.15) is 0 Å². The molecular weight excluding hydrogens is 256 g/mol. The molecule has 3 nitrogen and oxygen atoms in total. The molecular formula is C12H19ClN2OS. The van der Waals surface area contributed by atoms with Crippen LogP contribution in [0, 0.1) is 0 Å². The summed E-state index contributed by atoms with van der Waals surface area (Å²) < 4.78 is 0.763. The van der Waals surface area contributed by atoms with Crippen LogP contribution in [0.15, 0.2) is 12.1 Å². The van der Waals surface area contributed by atoms with E-state index in [-0.39, 0.29) is 5.91 Å². The molecule has 0 aliphatic heterocycles. The van der Waals surface area contributed by atoms with E-state index in [1.165, 1.54) is 11.3 Å². The number of rotatable bonds is 6. The number of amides is 1. The lowest BCUT2D eigenvalue weighted by molar-refractivity contribution is -0.129. The molecule has 0 aliphatic carbocycles. The van der Waals surface area contributed by atoms with Crippen LogP contribution in [0.25, 0.3) is 0 Å². The van der Waals surface area contributed by atoms with Gasteiger partial charge in [-0.3, -0.25) is 4.79 Å².